The first kappa shape index (κ1) is 20.4. The molecule has 7 heteroatoms. The second-order valence-electron chi connectivity index (χ2n) is 5.05. The number of thiazole rings is 1. The van der Waals surface area contributed by atoms with Crippen LogP contribution in [0.1, 0.15) is 27.9 Å². The second-order valence-corrected chi connectivity index (χ2v) is 6.37. The molecule has 0 aliphatic rings. The fourth-order valence-corrected chi connectivity index (χ4v) is 2.84. The minimum atomic E-state index is 0. The van der Waals surface area contributed by atoms with Crippen molar-refractivity contribution in [2.45, 2.75) is 26.8 Å². The predicted octanol–water partition coefficient (Wildman–Crippen LogP) is 3.24. The molecule has 1 aromatic heterocycles. The van der Waals surface area contributed by atoms with E-state index >= 15 is 0 Å². The summed E-state index contributed by atoms with van der Waals surface area (Å²) in [6.07, 6.45) is 2.79. The Morgan fingerprint density at radius 2 is 2.21 bits per heavy atom. The Bertz CT molecular complexity index is 705. The van der Waals surface area contributed by atoms with Gasteiger partial charge in [0.2, 0.25) is 0 Å². The molecular formula is C17H22IN5S. The van der Waals surface area contributed by atoms with Crippen LogP contribution in [0.3, 0.4) is 0 Å². The molecule has 5 nitrogen and oxygen atoms in total. The normalized spacial score (nSPS) is 10.6. The third-order valence-corrected chi connectivity index (χ3v) is 4.09. The van der Waals surface area contributed by atoms with Gasteiger partial charge in [0.15, 0.2) is 5.96 Å². The van der Waals surface area contributed by atoms with E-state index in [1.807, 2.05) is 31.3 Å². The average Bonchev–Trinajstić information content (AvgIpc) is 2.98. The number of nitrogens with one attached hydrogen (secondary N) is 2. The molecule has 2 N–H and O–H groups in total. The predicted molar refractivity (Wildman–Crippen MR) is 110 cm³/mol. The number of halogens is 1. The number of hydrogen-bond acceptors (Lipinski definition) is 4. The zero-order valence-electron chi connectivity index (χ0n) is 13.9. The molecule has 1 heterocycles. The molecule has 2 rings (SSSR count). The van der Waals surface area contributed by atoms with Gasteiger partial charge in [0.1, 0.15) is 0 Å². The fraction of sp³-hybridized carbons (Fsp3) is 0.353. The van der Waals surface area contributed by atoms with Crippen molar-refractivity contribution in [1.82, 2.24) is 15.6 Å². The molecule has 24 heavy (non-hydrogen) atoms. The summed E-state index contributed by atoms with van der Waals surface area (Å²) in [5.74, 6) is 0.781. The highest BCUT2D eigenvalue weighted by atomic mass is 127. The topological polar surface area (TPSA) is 73.1 Å². The third-order valence-electron chi connectivity index (χ3n) is 3.12. The lowest BCUT2D eigenvalue weighted by Gasteiger charge is -2.10. The Morgan fingerprint density at radius 1 is 1.38 bits per heavy atom. The molecule has 0 unspecified atom stereocenters. The Hall–Kier alpha value is -1.66. The first-order valence-electron chi connectivity index (χ1n) is 7.63. The summed E-state index contributed by atoms with van der Waals surface area (Å²) in [5.41, 5.74) is 1.69. The summed E-state index contributed by atoms with van der Waals surface area (Å²) in [6, 6.07) is 9.68. The highest BCUT2D eigenvalue weighted by Crippen LogP contribution is 2.11. The van der Waals surface area contributed by atoms with Crippen LogP contribution in [0.5, 0.6) is 0 Å². The summed E-state index contributed by atoms with van der Waals surface area (Å²) in [5, 5.41) is 16.6. The van der Waals surface area contributed by atoms with Gasteiger partial charge in [-0.3, -0.25) is 0 Å². The largest absolute Gasteiger partial charge is 0.357 e. The van der Waals surface area contributed by atoms with Crippen molar-refractivity contribution < 1.29 is 0 Å². The van der Waals surface area contributed by atoms with E-state index in [2.05, 4.69) is 33.6 Å². The van der Waals surface area contributed by atoms with Crippen LogP contribution in [0, 0.1) is 18.3 Å². The van der Waals surface area contributed by atoms with Gasteiger partial charge < -0.3 is 10.6 Å². The van der Waals surface area contributed by atoms with Crippen LogP contribution in [0.15, 0.2) is 35.5 Å². The number of aryl methyl sites for hydroxylation is 1. The standard InChI is InChI=1S/C17H21N5S.HI/c1-3-19-17(20-8-7-16-21-11-13(2)23-16)22-12-15-6-4-5-14(9-15)10-18;/h4-6,9,11H,3,7-8,12H2,1-2H3,(H2,19,20,22);1H. The Balaban J connectivity index is 0.00000288. The molecule has 0 atom stereocenters. The zero-order valence-corrected chi connectivity index (χ0v) is 17.0. The molecule has 0 fully saturated rings. The Kier molecular flexibility index (Phi) is 9.34. The van der Waals surface area contributed by atoms with Crippen LogP contribution in [-0.2, 0) is 13.0 Å². The zero-order chi connectivity index (χ0) is 16.5. The molecule has 0 saturated carbocycles. The number of aliphatic imine (C=N–C) groups is 1. The van der Waals surface area contributed by atoms with E-state index < -0.39 is 0 Å². The van der Waals surface area contributed by atoms with Crippen LogP contribution in [0.4, 0.5) is 0 Å². The van der Waals surface area contributed by atoms with Crippen molar-refractivity contribution in [3.63, 3.8) is 0 Å². The highest BCUT2D eigenvalue weighted by molar-refractivity contribution is 14.0. The van der Waals surface area contributed by atoms with Crippen molar-refractivity contribution in [3.05, 3.63) is 51.5 Å². The van der Waals surface area contributed by atoms with Gasteiger partial charge in [-0.25, -0.2) is 9.98 Å². The quantitative estimate of drug-likeness (QED) is 0.399. The highest BCUT2D eigenvalue weighted by Gasteiger charge is 2.01. The summed E-state index contributed by atoms with van der Waals surface area (Å²) >= 11 is 1.73. The number of rotatable bonds is 6. The van der Waals surface area contributed by atoms with Gasteiger partial charge in [0.05, 0.1) is 23.2 Å². The number of nitrogens with zero attached hydrogens (tertiary/aromatic N) is 3. The van der Waals surface area contributed by atoms with Crippen LogP contribution < -0.4 is 10.6 Å². The number of guanidine groups is 1. The Labute approximate surface area is 164 Å². The first-order chi connectivity index (χ1) is 11.2. The van der Waals surface area contributed by atoms with Gasteiger partial charge in [-0.1, -0.05) is 12.1 Å². The molecule has 0 bridgehead atoms. The SMILES string of the molecule is CCNC(=NCc1cccc(C#N)c1)NCCc1ncc(C)s1.I. The van der Waals surface area contributed by atoms with E-state index in [-0.39, 0.29) is 24.0 Å². The molecule has 0 amide bonds. The van der Waals surface area contributed by atoms with Crippen molar-refractivity contribution >= 4 is 41.3 Å². The molecule has 0 saturated heterocycles. The van der Waals surface area contributed by atoms with Gasteiger partial charge >= 0.3 is 0 Å². The summed E-state index contributed by atoms with van der Waals surface area (Å²) in [4.78, 5) is 10.2. The molecule has 0 spiro atoms. The smallest absolute Gasteiger partial charge is 0.191 e. The van der Waals surface area contributed by atoms with Gasteiger partial charge in [0, 0.05) is 30.6 Å². The number of benzene rings is 1. The van der Waals surface area contributed by atoms with Crippen LogP contribution in [0.2, 0.25) is 0 Å². The minimum absolute atomic E-state index is 0. The molecule has 2 aromatic rings. The monoisotopic (exact) mass is 455 g/mol. The number of nitriles is 1. The van der Waals surface area contributed by atoms with Crippen molar-refractivity contribution in [3.8, 4) is 6.07 Å². The average molecular weight is 455 g/mol. The van der Waals surface area contributed by atoms with E-state index in [9.17, 15) is 0 Å². The van der Waals surface area contributed by atoms with E-state index in [1.165, 1.54) is 4.88 Å². The summed E-state index contributed by atoms with van der Waals surface area (Å²) in [7, 11) is 0. The maximum Gasteiger partial charge on any atom is 0.191 e. The van der Waals surface area contributed by atoms with Crippen molar-refractivity contribution in [1.29, 1.82) is 5.26 Å². The molecule has 128 valence electrons. The van der Waals surface area contributed by atoms with Gasteiger partial charge in [-0.2, -0.15) is 5.26 Å². The molecular weight excluding hydrogens is 433 g/mol. The Morgan fingerprint density at radius 3 is 2.88 bits per heavy atom. The maximum absolute atomic E-state index is 8.93. The molecule has 0 aliphatic heterocycles. The lowest BCUT2D eigenvalue weighted by molar-refractivity contribution is 0.796. The summed E-state index contributed by atoms with van der Waals surface area (Å²) < 4.78 is 0. The molecule has 1 aromatic carbocycles. The number of aromatic nitrogens is 1. The van der Waals surface area contributed by atoms with Gasteiger partial charge in [0.25, 0.3) is 0 Å². The maximum atomic E-state index is 8.93. The van der Waals surface area contributed by atoms with Crippen LogP contribution in [-0.4, -0.2) is 24.0 Å². The lowest BCUT2D eigenvalue weighted by atomic mass is 10.1. The van der Waals surface area contributed by atoms with Crippen LogP contribution >= 0.6 is 35.3 Å². The van der Waals surface area contributed by atoms with Crippen molar-refractivity contribution in [2.24, 2.45) is 4.99 Å². The van der Waals surface area contributed by atoms with Crippen molar-refractivity contribution in [2.75, 3.05) is 13.1 Å². The lowest BCUT2D eigenvalue weighted by Crippen LogP contribution is -2.38. The van der Waals surface area contributed by atoms with Crippen LogP contribution in [0.25, 0.3) is 0 Å². The summed E-state index contributed by atoms with van der Waals surface area (Å²) in [6.45, 7) is 6.24. The van der Waals surface area contributed by atoms with E-state index in [1.54, 1.807) is 17.4 Å². The first-order valence-corrected chi connectivity index (χ1v) is 8.45. The second kappa shape index (κ2) is 11.0. The minimum Gasteiger partial charge on any atom is -0.357 e. The van der Waals surface area contributed by atoms with E-state index in [0.29, 0.717) is 12.1 Å². The van der Waals surface area contributed by atoms with E-state index in [0.717, 1.165) is 36.0 Å². The third kappa shape index (κ3) is 6.84. The fourth-order valence-electron chi connectivity index (χ4n) is 2.06. The molecule has 0 radical (unpaired) electrons. The van der Waals surface area contributed by atoms with Gasteiger partial charge in [-0.15, -0.1) is 35.3 Å². The van der Waals surface area contributed by atoms with E-state index in [4.69, 9.17) is 5.26 Å². The van der Waals surface area contributed by atoms with Gasteiger partial charge in [-0.05, 0) is 31.5 Å². The molecule has 0 aliphatic carbocycles. The number of hydrogen-bond donors (Lipinski definition) is 2.